The zero-order valence-electron chi connectivity index (χ0n) is 18.5. The van der Waals surface area contributed by atoms with Gasteiger partial charge >= 0.3 is 0 Å². The van der Waals surface area contributed by atoms with Gasteiger partial charge in [-0.2, -0.15) is 0 Å². The van der Waals surface area contributed by atoms with Crippen molar-refractivity contribution in [3.05, 3.63) is 94.4 Å². The molecule has 0 unspecified atom stereocenters. The first-order valence-electron chi connectivity index (χ1n) is 10.6. The van der Waals surface area contributed by atoms with Crippen molar-refractivity contribution in [2.75, 3.05) is 0 Å². The first kappa shape index (κ1) is 22.1. The molecule has 0 bridgehead atoms. The summed E-state index contributed by atoms with van der Waals surface area (Å²) in [7, 11) is 0. The van der Waals surface area contributed by atoms with Crippen LogP contribution in [0.3, 0.4) is 0 Å². The normalized spacial score (nSPS) is 11.8. The van der Waals surface area contributed by atoms with E-state index in [1.807, 2.05) is 24.4 Å². The molecule has 0 spiro atoms. The van der Waals surface area contributed by atoms with Crippen LogP contribution in [0.4, 0.5) is 4.39 Å². The van der Waals surface area contributed by atoms with Gasteiger partial charge in [0.1, 0.15) is 5.82 Å². The Labute approximate surface area is 192 Å². The maximum atomic E-state index is 13.6. The van der Waals surface area contributed by atoms with Crippen LogP contribution in [0.5, 0.6) is 0 Å². The third-order valence-electron chi connectivity index (χ3n) is 5.75. The van der Waals surface area contributed by atoms with E-state index >= 15 is 0 Å². The number of benzene rings is 3. The second-order valence-corrected chi connectivity index (χ2v) is 9.64. The Morgan fingerprint density at radius 2 is 1.66 bits per heavy atom. The SMILES string of the molecule is CC(C)(C)c1ccc(Cn2cc(CC(N)=O)c3cc(-c4ccc(F)c(Cl)c4)ccc32)cc1. The summed E-state index contributed by atoms with van der Waals surface area (Å²) in [6.45, 7) is 7.28. The van der Waals surface area contributed by atoms with E-state index in [-0.39, 0.29) is 22.8 Å². The van der Waals surface area contributed by atoms with Gasteiger partial charge < -0.3 is 10.3 Å². The van der Waals surface area contributed by atoms with E-state index in [0.717, 1.165) is 27.6 Å². The van der Waals surface area contributed by atoms with E-state index in [2.05, 4.69) is 49.6 Å². The van der Waals surface area contributed by atoms with Gasteiger partial charge in [0, 0.05) is 23.6 Å². The molecule has 0 atom stereocenters. The molecule has 5 heteroatoms. The summed E-state index contributed by atoms with van der Waals surface area (Å²) in [5.74, 6) is -0.830. The molecule has 1 heterocycles. The Balaban J connectivity index is 1.74. The number of nitrogens with zero attached hydrogens (tertiary/aromatic N) is 1. The number of fused-ring (bicyclic) bond motifs is 1. The standard InChI is InChI=1S/C27H26ClFN2O/c1-27(2,3)21-8-4-17(5-9-21)15-31-16-20(14-26(30)32)22-12-18(7-11-25(22)31)19-6-10-24(29)23(28)13-19/h4-13,16H,14-15H2,1-3H3,(H2,30,32). The molecule has 164 valence electrons. The monoisotopic (exact) mass is 448 g/mol. The summed E-state index contributed by atoms with van der Waals surface area (Å²) in [4.78, 5) is 11.7. The molecular weight excluding hydrogens is 423 g/mol. The molecule has 0 fully saturated rings. The molecule has 32 heavy (non-hydrogen) atoms. The van der Waals surface area contributed by atoms with Gasteiger partial charge in [0.05, 0.1) is 11.4 Å². The van der Waals surface area contributed by atoms with Gasteiger partial charge in [-0.3, -0.25) is 4.79 Å². The molecule has 4 rings (SSSR count). The Kier molecular flexibility index (Phi) is 5.83. The van der Waals surface area contributed by atoms with Gasteiger partial charge in [0.15, 0.2) is 0 Å². The number of aromatic nitrogens is 1. The van der Waals surface area contributed by atoms with Crippen molar-refractivity contribution in [1.82, 2.24) is 4.57 Å². The quantitative estimate of drug-likeness (QED) is 0.373. The van der Waals surface area contributed by atoms with Crippen molar-refractivity contribution >= 4 is 28.4 Å². The number of carbonyl (C=O) groups excluding carboxylic acids is 1. The maximum absolute atomic E-state index is 13.6. The van der Waals surface area contributed by atoms with E-state index in [1.165, 1.54) is 17.2 Å². The molecule has 0 aliphatic rings. The largest absolute Gasteiger partial charge is 0.369 e. The summed E-state index contributed by atoms with van der Waals surface area (Å²) in [5, 5.41) is 1.03. The minimum atomic E-state index is -0.449. The molecular formula is C27H26ClFN2O. The third-order valence-corrected chi connectivity index (χ3v) is 6.04. The molecule has 0 saturated carbocycles. The summed E-state index contributed by atoms with van der Waals surface area (Å²) in [5.41, 5.74) is 11.7. The highest BCUT2D eigenvalue weighted by Gasteiger charge is 2.15. The van der Waals surface area contributed by atoms with Crippen LogP contribution in [0.2, 0.25) is 5.02 Å². The number of amides is 1. The second kappa shape index (κ2) is 8.44. The lowest BCUT2D eigenvalue weighted by molar-refractivity contribution is -0.117. The fraction of sp³-hybridized carbons (Fsp3) is 0.222. The molecule has 0 radical (unpaired) electrons. The predicted octanol–water partition coefficient (Wildman–Crippen LogP) is 6.47. The Bertz CT molecular complexity index is 1300. The highest BCUT2D eigenvalue weighted by atomic mass is 35.5. The zero-order chi connectivity index (χ0) is 23.0. The summed E-state index contributed by atoms with van der Waals surface area (Å²) >= 11 is 5.98. The first-order valence-corrected chi connectivity index (χ1v) is 10.9. The van der Waals surface area contributed by atoms with Crippen LogP contribution in [0, 0.1) is 5.82 Å². The average Bonchev–Trinajstić information content (AvgIpc) is 3.05. The highest BCUT2D eigenvalue weighted by Crippen LogP contribution is 2.31. The number of carbonyl (C=O) groups is 1. The summed E-state index contributed by atoms with van der Waals surface area (Å²) < 4.78 is 15.7. The molecule has 0 saturated heterocycles. The van der Waals surface area contributed by atoms with E-state index in [0.29, 0.717) is 6.54 Å². The van der Waals surface area contributed by atoms with Crippen molar-refractivity contribution < 1.29 is 9.18 Å². The summed E-state index contributed by atoms with van der Waals surface area (Å²) in [6.07, 6.45) is 2.15. The average molecular weight is 449 g/mol. The predicted molar refractivity (Wildman–Crippen MR) is 129 cm³/mol. The second-order valence-electron chi connectivity index (χ2n) is 9.23. The zero-order valence-corrected chi connectivity index (χ0v) is 19.2. The van der Waals surface area contributed by atoms with Crippen LogP contribution in [0.15, 0.2) is 66.9 Å². The van der Waals surface area contributed by atoms with Crippen molar-refractivity contribution in [1.29, 1.82) is 0 Å². The smallest absolute Gasteiger partial charge is 0.221 e. The van der Waals surface area contributed by atoms with E-state index in [9.17, 15) is 9.18 Å². The molecule has 0 aliphatic heterocycles. The number of nitrogens with two attached hydrogens (primary N) is 1. The number of hydrogen-bond acceptors (Lipinski definition) is 1. The minimum Gasteiger partial charge on any atom is -0.369 e. The molecule has 3 nitrogen and oxygen atoms in total. The van der Waals surface area contributed by atoms with E-state index < -0.39 is 5.82 Å². The van der Waals surface area contributed by atoms with Crippen molar-refractivity contribution in [2.45, 2.75) is 39.2 Å². The van der Waals surface area contributed by atoms with Gasteiger partial charge in [0.2, 0.25) is 5.91 Å². The van der Waals surface area contributed by atoms with Crippen molar-refractivity contribution in [2.24, 2.45) is 5.73 Å². The van der Waals surface area contributed by atoms with E-state index in [4.69, 9.17) is 17.3 Å². The molecule has 1 amide bonds. The molecule has 3 aromatic carbocycles. The topological polar surface area (TPSA) is 48.0 Å². The van der Waals surface area contributed by atoms with Gasteiger partial charge in [-0.05, 0) is 57.5 Å². The Morgan fingerprint density at radius 3 is 2.28 bits per heavy atom. The van der Waals surface area contributed by atoms with Crippen LogP contribution in [0.25, 0.3) is 22.0 Å². The summed E-state index contributed by atoms with van der Waals surface area (Å²) in [6, 6.07) is 19.3. The maximum Gasteiger partial charge on any atom is 0.221 e. The Hall–Kier alpha value is -3.11. The van der Waals surface area contributed by atoms with Crippen LogP contribution in [-0.2, 0) is 23.2 Å². The molecule has 0 aliphatic carbocycles. The molecule has 4 aromatic rings. The number of primary amides is 1. The van der Waals surface area contributed by atoms with Crippen LogP contribution in [-0.4, -0.2) is 10.5 Å². The van der Waals surface area contributed by atoms with E-state index in [1.54, 1.807) is 12.1 Å². The number of hydrogen-bond donors (Lipinski definition) is 1. The van der Waals surface area contributed by atoms with Crippen molar-refractivity contribution in [3.63, 3.8) is 0 Å². The number of rotatable bonds is 5. The van der Waals surface area contributed by atoms with Crippen LogP contribution in [0.1, 0.15) is 37.5 Å². The van der Waals surface area contributed by atoms with Crippen molar-refractivity contribution in [3.8, 4) is 11.1 Å². The Morgan fingerprint density at radius 1 is 1.00 bits per heavy atom. The lowest BCUT2D eigenvalue weighted by Gasteiger charge is -2.19. The van der Waals surface area contributed by atoms with Gasteiger partial charge in [0.25, 0.3) is 0 Å². The lowest BCUT2D eigenvalue weighted by atomic mass is 9.87. The molecule has 2 N–H and O–H groups in total. The highest BCUT2D eigenvalue weighted by molar-refractivity contribution is 6.31. The van der Waals surface area contributed by atoms with Gasteiger partial charge in [-0.1, -0.05) is 68.8 Å². The fourth-order valence-corrected chi connectivity index (χ4v) is 4.17. The molecule has 1 aromatic heterocycles. The first-order chi connectivity index (χ1) is 15.1. The van der Waals surface area contributed by atoms with Gasteiger partial charge in [-0.25, -0.2) is 4.39 Å². The van der Waals surface area contributed by atoms with Gasteiger partial charge in [-0.15, -0.1) is 0 Å². The number of halogens is 2. The van der Waals surface area contributed by atoms with Crippen LogP contribution >= 0.6 is 11.6 Å². The lowest BCUT2D eigenvalue weighted by Crippen LogP contribution is -2.13. The van der Waals surface area contributed by atoms with Crippen LogP contribution < -0.4 is 5.73 Å². The minimum absolute atomic E-state index is 0.0798. The fourth-order valence-electron chi connectivity index (χ4n) is 3.99. The third kappa shape index (κ3) is 4.56.